The van der Waals surface area contributed by atoms with Gasteiger partial charge in [0.1, 0.15) is 17.0 Å². The molecule has 1 N–H and O–H groups in total. The number of nitrogens with one attached hydrogen (secondary N) is 1. The lowest BCUT2D eigenvalue weighted by molar-refractivity contribution is -0.130. The molecule has 1 aromatic carbocycles. The Morgan fingerprint density at radius 3 is 2.52 bits per heavy atom. The van der Waals surface area contributed by atoms with Crippen LogP contribution < -0.4 is 10.1 Å². The van der Waals surface area contributed by atoms with E-state index in [9.17, 15) is 9.59 Å². The highest BCUT2D eigenvalue weighted by Gasteiger charge is 2.44. The molecule has 3 amide bonds. The van der Waals surface area contributed by atoms with Crippen LogP contribution in [0.4, 0.5) is 4.79 Å². The molecular weight excluding hydrogens is 298 g/mol. The molecule has 2 heterocycles. The fourth-order valence-electron chi connectivity index (χ4n) is 2.40. The summed E-state index contributed by atoms with van der Waals surface area (Å²) in [5, 5.41) is 6.61. The van der Waals surface area contributed by atoms with Gasteiger partial charge in [0.2, 0.25) is 0 Å². The second kappa shape index (κ2) is 5.42. The second-order valence-corrected chi connectivity index (χ2v) is 5.85. The summed E-state index contributed by atoms with van der Waals surface area (Å²) in [5.41, 5.74) is 0.600. The molecule has 3 rings (SSSR count). The fourth-order valence-corrected chi connectivity index (χ4v) is 2.40. The summed E-state index contributed by atoms with van der Waals surface area (Å²) >= 11 is 0. The maximum absolute atomic E-state index is 12.2. The third-order valence-electron chi connectivity index (χ3n) is 3.70. The molecular formula is C16H17N3O4. The molecule has 1 aliphatic heterocycles. The molecule has 1 saturated heterocycles. The molecule has 120 valence electrons. The third-order valence-corrected chi connectivity index (χ3v) is 3.70. The number of aromatic nitrogens is 1. The van der Waals surface area contributed by atoms with E-state index in [0.717, 1.165) is 16.2 Å². The number of ether oxygens (including phenoxy) is 1. The van der Waals surface area contributed by atoms with Crippen molar-refractivity contribution in [2.45, 2.75) is 25.9 Å². The van der Waals surface area contributed by atoms with Gasteiger partial charge < -0.3 is 14.6 Å². The number of hydrogen-bond acceptors (Lipinski definition) is 5. The van der Waals surface area contributed by atoms with Gasteiger partial charge in [-0.15, -0.1) is 0 Å². The van der Waals surface area contributed by atoms with Crippen LogP contribution >= 0.6 is 0 Å². The van der Waals surface area contributed by atoms with Crippen molar-refractivity contribution in [3.63, 3.8) is 0 Å². The van der Waals surface area contributed by atoms with Crippen LogP contribution in [0.3, 0.4) is 0 Å². The van der Waals surface area contributed by atoms with E-state index in [2.05, 4.69) is 10.5 Å². The second-order valence-electron chi connectivity index (χ2n) is 5.85. The number of rotatable bonds is 4. The first-order valence-corrected chi connectivity index (χ1v) is 7.15. The first-order valence-electron chi connectivity index (χ1n) is 7.15. The Morgan fingerprint density at radius 1 is 1.26 bits per heavy atom. The maximum atomic E-state index is 12.2. The van der Waals surface area contributed by atoms with Crippen molar-refractivity contribution in [3.05, 3.63) is 36.1 Å². The van der Waals surface area contributed by atoms with Gasteiger partial charge in [0.05, 0.1) is 13.7 Å². The van der Waals surface area contributed by atoms with E-state index < -0.39 is 11.6 Å². The highest BCUT2D eigenvalue weighted by atomic mass is 16.5. The molecule has 0 unspecified atom stereocenters. The van der Waals surface area contributed by atoms with Crippen LogP contribution in [0.2, 0.25) is 0 Å². The van der Waals surface area contributed by atoms with Crippen LogP contribution in [-0.2, 0) is 11.3 Å². The Kier molecular flexibility index (Phi) is 3.55. The molecule has 1 aromatic heterocycles. The zero-order valence-corrected chi connectivity index (χ0v) is 13.1. The Bertz CT molecular complexity index is 749. The van der Waals surface area contributed by atoms with Gasteiger partial charge in [-0.05, 0) is 38.1 Å². The van der Waals surface area contributed by atoms with Gasteiger partial charge >= 0.3 is 6.03 Å². The summed E-state index contributed by atoms with van der Waals surface area (Å²) in [5.74, 6) is 0.904. The number of imide groups is 1. The molecule has 0 atom stereocenters. The van der Waals surface area contributed by atoms with Gasteiger partial charge in [0.15, 0.2) is 5.76 Å². The van der Waals surface area contributed by atoms with E-state index >= 15 is 0 Å². The van der Waals surface area contributed by atoms with Crippen LogP contribution in [-0.4, -0.2) is 34.6 Å². The molecule has 0 radical (unpaired) electrons. The Hall–Kier alpha value is -2.83. The molecule has 1 aliphatic rings. The number of hydrogen-bond donors (Lipinski definition) is 1. The van der Waals surface area contributed by atoms with E-state index in [4.69, 9.17) is 9.26 Å². The van der Waals surface area contributed by atoms with Gasteiger partial charge in [0.25, 0.3) is 5.91 Å². The Balaban J connectivity index is 1.77. The minimum absolute atomic E-state index is 0.0528. The third kappa shape index (κ3) is 2.77. The zero-order chi connectivity index (χ0) is 16.6. The van der Waals surface area contributed by atoms with Gasteiger partial charge in [-0.2, -0.15) is 0 Å². The van der Waals surface area contributed by atoms with Gasteiger partial charge in [-0.1, -0.05) is 5.16 Å². The van der Waals surface area contributed by atoms with Crippen molar-refractivity contribution in [3.8, 4) is 17.0 Å². The molecule has 23 heavy (non-hydrogen) atoms. The zero-order valence-electron chi connectivity index (χ0n) is 13.1. The van der Waals surface area contributed by atoms with Crippen molar-refractivity contribution in [2.24, 2.45) is 0 Å². The van der Waals surface area contributed by atoms with Crippen LogP contribution in [0.1, 0.15) is 19.6 Å². The van der Waals surface area contributed by atoms with E-state index in [0.29, 0.717) is 11.5 Å². The molecule has 1 fully saturated rings. The maximum Gasteiger partial charge on any atom is 0.325 e. The minimum atomic E-state index is -0.893. The monoisotopic (exact) mass is 315 g/mol. The van der Waals surface area contributed by atoms with Gasteiger partial charge in [-0.3, -0.25) is 9.69 Å². The molecule has 0 aliphatic carbocycles. The predicted molar refractivity (Wildman–Crippen MR) is 81.7 cm³/mol. The first kappa shape index (κ1) is 15.1. The standard InChI is InChI=1S/C16H17N3O4/c1-16(2)14(20)19(15(21)17-16)9-12-8-13(18-23-12)10-4-6-11(22-3)7-5-10/h4-8H,9H2,1-3H3,(H,17,21). The lowest BCUT2D eigenvalue weighted by Crippen LogP contribution is -2.40. The Labute approximate surface area is 133 Å². The number of carbonyl (C=O) groups is 2. The average molecular weight is 315 g/mol. The van der Waals surface area contributed by atoms with E-state index in [1.165, 1.54) is 0 Å². The van der Waals surface area contributed by atoms with Gasteiger partial charge in [-0.25, -0.2) is 4.79 Å². The van der Waals surface area contributed by atoms with Crippen molar-refractivity contribution < 1.29 is 18.8 Å². The highest BCUT2D eigenvalue weighted by Crippen LogP contribution is 2.24. The minimum Gasteiger partial charge on any atom is -0.497 e. The molecule has 0 bridgehead atoms. The number of methoxy groups -OCH3 is 1. The SMILES string of the molecule is COc1ccc(-c2cc(CN3C(=O)NC(C)(C)C3=O)on2)cc1. The lowest BCUT2D eigenvalue weighted by Gasteiger charge is -2.14. The van der Waals surface area contributed by atoms with Crippen molar-refractivity contribution in [2.75, 3.05) is 7.11 Å². The van der Waals surface area contributed by atoms with Crippen molar-refractivity contribution in [1.29, 1.82) is 0 Å². The summed E-state index contributed by atoms with van der Waals surface area (Å²) in [7, 11) is 1.60. The predicted octanol–water partition coefficient (Wildman–Crippen LogP) is 2.18. The average Bonchev–Trinajstić information content (AvgIpc) is 3.06. The van der Waals surface area contributed by atoms with Gasteiger partial charge in [0, 0.05) is 11.6 Å². The molecule has 0 saturated carbocycles. The summed E-state index contributed by atoms with van der Waals surface area (Å²) in [6.45, 7) is 3.38. The van der Waals surface area contributed by atoms with Crippen molar-refractivity contribution >= 4 is 11.9 Å². The smallest absolute Gasteiger partial charge is 0.325 e. The van der Waals surface area contributed by atoms with E-state index in [1.807, 2.05) is 24.3 Å². The molecule has 2 aromatic rings. The quantitative estimate of drug-likeness (QED) is 0.874. The topological polar surface area (TPSA) is 84.7 Å². The lowest BCUT2D eigenvalue weighted by atomic mass is 10.1. The van der Waals surface area contributed by atoms with E-state index in [1.54, 1.807) is 27.0 Å². The van der Waals surface area contributed by atoms with Crippen LogP contribution in [0, 0.1) is 0 Å². The number of amides is 3. The summed E-state index contributed by atoms with van der Waals surface area (Å²) < 4.78 is 10.4. The van der Waals surface area contributed by atoms with Crippen LogP contribution in [0.5, 0.6) is 5.75 Å². The summed E-state index contributed by atoms with van der Waals surface area (Å²) in [4.78, 5) is 25.1. The van der Waals surface area contributed by atoms with E-state index in [-0.39, 0.29) is 12.5 Å². The van der Waals surface area contributed by atoms with Crippen LogP contribution in [0.15, 0.2) is 34.9 Å². The normalized spacial score (nSPS) is 16.6. The number of benzene rings is 1. The number of carbonyl (C=O) groups excluding carboxylic acids is 2. The first-order chi connectivity index (χ1) is 10.9. The summed E-state index contributed by atoms with van der Waals surface area (Å²) in [6.07, 6.45) is 0. The molecule has 0 spiro atoms. The highest BCUT2D eigenvalue weighted by molar-refractivity contribution is 6.06. The summed E-state index contributed by atoms with van der Waals surface area (Å²) in [6, 6.07) is 8.65. The largest absolute Gasteiger partial charge is 0.497 e. The fraction of sp³-hybridized carbons (Fsp3) is 0.312. The number of nitrogens with zero attached hydrogens (tertiary/aromatic N) is 2. The molecule has 7 nitrogen and oxygen atoms in total. The number of urea groups is 1. The Morgan fingerprint density at radius 2 is 1.96 bits per heavy atom. The van der Waals surface area contributed by atoms with Crippen LogP contribution in [0.25, 0.3) is 11.3 Å². The van der Waals surface area contributed by atoms with Crippen molar-refractivity contribution in [1.82, 2.24) is 15.4 Å². The molecule has 7 heteroatoms.